The van der Waals surface area contributed by atoms with E-state index < -0.39 is 10.8 Å². The van der Waals surface area contributed by atoms with Crippen LogP contribution < -0.4 is 10.6 Å². The zero-order valence-electron chi connectivity index (χ0n) is 16.0. The quantitative estimate of drug-likeness (QED) is 0.369. The van der Waals surface area contributed by atoms with Gasteiger partial charge in [-0.25, -0.2) is 0 Å². The number of furan rings is 1. The van der Waals surface area contributed by atoms with Crippen LogP contribution in [0.3, 0.4) is 0 Å². The Morgan fingerprint density at radius 3 is 3.04 bits per heavy atom. The molecular formula is C19H33N3O3S. The van der Waals surface area contributed by atoms with Gasteiger partial charge in [-0.3, -0.25) is 9.20 Å². The summed E-state index contributed by atoms with van der Waals surface area (Å²) in [7, 11) is -0.699. The van der Waals surface area contributed by atoms with Gasteiger partial charge in [-0.15, -0.1) is 0 Å². The molecule has 1 aromatic heterocycles. The number of guanidine groups is 1. The fourth-order valence-corrected chi connectivity index (χ4v) is 4.54. The average Bonchev–Trinajstić information content (AvgIpc) is 3.17. The molecule has 7 heteroatoms. The molecule has 0 radical (unpaired) electrons. The number of aliphatic imine (C=N–C) groups is 1. The van der Waals surface area contributed by atoms with E-state index in [2.05, 4.69) is 22.5 Å². The first kappa shape index (κ1) is 21.0. The number of nitrogens with one attached hydrogen (secondary N) is 2. The fraction of sp³-hybridized carbons (Fsp3) is 0.737. The van der Waals surface area contributed by atoms with Crippen LogP contribution in [0, 0.1) is 0 Å². The molecule has 1 aliphatic rings. The molecule has 0 saturated heterocycles. The maximum atomic E-state index is 12.1. The standard InChI is InChI=1S/C19H33N3O3S/c1-3-20-19(21-11-7-12-24-15-17-9-6-13-25-17)22-16-8-5-10-18(14-16)26(23)4-2/h6,9,13,16,18H,3-5,7-8,10-12,14-15H2,1-2H3,(H2,20,21,22). The highest BCUT2D eigenvalue weighted by molar-refractivity contribution is 7.85. The average molecular weight is 384 g/mol. The lowest BCUT2D eigenvalue weighted by atomic mass is 9.95. The van der Waals surface area contributed by atoms with Gasteiger partial charge in [0.2, 0.25) is 0 Å². The predicted molar refractivity (Wildman–Crippen MR) is 107 cm³/mol. The molecule has 1 aliphatic carbocycles. The molecule has 6 nitrogen and oxygen atoms in total. The Morgan fingerprint density at radius 2 is 2.31 bits per heavy atom. The van der Waals surface area contributed by atoms with Gasteiger partial charge in [-0.2, -0.15) is 0 Å². The Hall–Kier alpha value is -1.34. The molecule has 2 rings (SSSR count). The van der Waals surface area contributed by atoms with E-state index in [1.165, 1.54) is 0 Å². The van der Waals surface area contributed by atoms with Crippen LogP contribution in [0.25, 0.3) is 0 Å². The van der Waals surface area contributed by atoms with Crippen molar-refractivity contribution < 1.29 is 13.4 Å². The van der Waals surface area contributed by atoms with Gasteiger partial charge >= 0.3 is 0 Å². The molecule has 148 valence electrons. The maximum Gasteiger partial charge on any atom is 0.191 e. The van der Waals surface area contributed by atoms with Gasteiger partial charge in [0.1, 0.15) is 12.4 Å². The van der Waals surface area contributed by atoms with E-state index in [-0.39, 0.29) is 0 Å². The van der Waals surface area contributed by atoms with E-state index in [1.54, 1.807) is 6.26 Å². The summed E-state index contributed by atoms with van der Waals surface area (Å²) in [6.07, 6.45) is 6.83. The first-order chi connectivity index (χ1) is 12.7. The zero-order valence-corrected chi connectivity index (χ0v) is 16.9. The van der Waals surface area contributed by atoms with E-state index in [0.29, 0.717) is 31.1 Å². The van der Waals surface area contributed by atoms with Crippen molar-refractivity contribution in [3.05, 3.63) is 24.2 Å². The van der Waals surface area contributed by atoms with Crippen molar-refractivity contribution in [3.8, 4) is 0 Å². The Balaban J connectivity index is 1.70. The summed E-state index contributed by atoms with van der Waals surface area (Å²) in [6.45, 7) is 6.78. The molecule has 3 atom stereocenters. The van der Waals surface area contributed by atoms with Crippen molar-refractivity contribution >= 4 is 16.8 Å². The van der Waals surface area contributed by atoms with Gasteiger partial charge in [0.15, 0.2) is 5.96 Å². The van der Waals surface area contributed by atoms with Gasteiger partial charge in [0.05, 0.1) is 6.26 Å². The van der Waals surface area contributed by atoms with Gasteiger partial charge in [0, 0.05) is 47.5 Å². The SMILES string of the molecule is CCNC(=NCCCOCc1ccco1)NC1CCCC(S(=O)CC)C1. The van der Waals surface area contributed by atoms with Gasteiger partial charge in [0.25, 0.3) is 0 Å². The lowest BCUT2D eigenvalue weighted by Gasteiger charge is -2.30. The highest BCUT2D eigenvalue weighted by atomic mass is 32.2. The van der Waals surface area contributed by atoms with Gasteiger partial charge in [-0.05, 0) is 44.7 Å². The fourth-order valence-electron chi connectivity index (χ4n) is 3.19. The van der Waals surface area contributed by atoms with Crippen LogP contribution in [0.15, 0.2) is 27.8 Å². The van der Waals surface area contributed by atoms with Crippen molar-refractivity contribution in [1.29, 1.82) is 0 Å². The minimum Gasteiger partial charge on any atom is -0.467 e. The van der Waals surface area contributed by atoms with Crippen molar-refractivity contribution in [1.82, 2.24) is 10.6 Å². The molecule has 1 aromatic rings. The molecule has 0 amide bonds. The Bertz CT molecular complexity index is 548. The summed E-state index contributed by atoms with van der Waals surface area (Å²) >= 11 is 0. The van der Waals surface area contributed by atoms with E-state index in [9.17, 15) is 4.21 Å². The minimum absolute atomic E-state index is 0.323. The molecule has 1 fully saturated rings. The third kappa shape index (κ3) is 7.50. The summed E-state index contributed by atoms with van der Waals surface area (Å²) in [6, 6.07) is 4.13. The maximum absolute atomic E-state index is 12.1. The highest BCUT2D eigenvalue weighted by Crippen LogP contribution is 2.22. The second kappa shape index (κ2) is 12.1. The first-order valence-electron chi connectivity index (χ1n) is 9.75. The van der Waals surface area contributed by atoms with Crippen LogP contribution in [-0.2, 0) is 22.1 Å². The van der Waals surface area contributed by atoms with Crippen LogP contribution in [0.5, 0.6) is 0 Å². The normalized spacial score (nSPS) is 22.2. The van der Waals surface area contributed by atoms with E-state index in [4.69, 9.17) is 9.15 Å². The lowest BCUT2D eigenvalue weighted by molar-refractivity contribution is 0.105. The molecule has 2 N–H and O–H groups in total. The number of hydrogen-bond acceptors (Lipinski definition) is 4. The topological polar surface area (TPSA) is 75.9 Å². The van der Waals surface area contributed by atoms with Crippen LogP contribution in [-0.4, -0.2) is 46.9 Å². The summed E-state index contributed by atoms with van der Waals surface area (Å²) in [5, 5.41) is 7.16. The lowest BCUT2D eigenvalue weighted by Crippen LogP contribution is -2.46. The molecule has 0 bridgehead atoms. The summed E-state index contributed by atoms with van der Waals surface area (Å²) in [4.78, 5) is 4.65. The molecule has 26 heavy (non-hydrogen) atoms. The van der Waals surface area contributed by atoms with Crippen LogP contribution in [0.1, 0.15) is 51.7 Å². The van der Waals surface area contributed by atoms with Crippen molar-refractivity contribution in [2.45, 2.75) is 63.9 Å². The highest BCUT2D eigenvalue weighted by Gasteiger charge is 2.25. The van der Waals surface area contributed by atoms with E-state index >= 15 is 0 Å². The molecule has 3 unspecified atom stereocenters. The van der Waals surface area contributed by atoms with E-state index in [1.807, 2.05) is 19.1 Å². The van der Waals surface area contributed by atoms with Crippen molar-refractivity contribution in [3.63, 3.8) is 0 Å². The largest absolute Gasteiger partial charge is 0.467 e. The Morgan fingerprint density at radius 1 is 1.42 bits per heavy atom. The number of rotatable bonds is 10. The smallest absolute Gasteiger partial charge is 0.191 e. The number of nitrogens with zero attached hydrogens (tertiary/aromatic N) is 1. The molecule has 1 heterocycles. The third-order valence-electron chi connectivity index (χ3n) is 4.51. The van der Waals surface area contributed by atoms with E-state index in [0.717, 1.165) is 56.1 Å². The molecular weight excluding hydrogens is 350 g/mol. The van der Waals surface area contributed by atoms with Crippen LogP contribution in [0.2, 0.25) is 0 Å². The Kier molecular flexibility index (Phi) is 9.77. The molecule has 0 aromatic carbocycles. The molecule has 1 saturated carbocycles. The van der Waals surface area contributed by atoms with Crippen LogP contribution >= 0.6 is 0 Å². The predicted octanol–water partition coefficient (Wildman–Crippen LogP) is 2.82. The zero-order chi connectivity index (χ0) is 18.6. The van der Waals surface area contributed by atoms with Crippen molar-refractivity contribution in [2.24, 2.45) is 4.99 Å². The number of hydrogen-bond donors (Lipinski definition) is 2. The van der Waals surface area contributed by atoms with Crippen LogP contribution in [0.4, 0.5) is 0 Å². The second-order valence-corrected chi connectivity index (χ2v) is 8.55. The summed E-state index contributed by atoms with van der Waals surface area (Å²) in [5.74, 6) is 2.45. The Labute approximate surface area is 159 Å². The monoisotopic (exact) mass is 383 g/mol. The minimum atomic E-state index is -0.699. The first-order valence-corrected chi connectivity index (χ1v) is 11.1. The van der Waals surface area contributed by atoms with Gasteiger partial charge < -0.3 is 19.8 Å². The molecule has 0 aliphatic heterocycles. The third-order valence-corrected chi connectivity index (χ3v) is 6.25. The van der Waals surface area contributed by atoms with Gasteiger partial charge in [-0.1, -0.05) is 13.3 Å². The second-order valence-electron chi connectivity index (χ2n) is 6.55. The summed E-state index contributed by atoms with van der Waals surface area (Å²) in [5.41, 5.74) is 0. The molecule has 0 spiro atoms. The number of ether oxygens (including phenoxy) is 1. The summed E-state index contributed by atoms with van der Waals surface area (Å²) < 4.78 is 22.9. The van der Waals surface area contributed by atoms with Crippen molar-refractivity contribution in [2.75, 3.05) is 25.4 Å².